The highest BCUT2D eigenvalue weighted by Crippen LogP contribution is 2.73. The average molecular weight is 577 g/mol. The third kappa shape index (κ3) is 5.39. The Kier molecular flexibility index (Phi) is 8.68. The molecule has 1 heterocycles. The molecule has 1 aliphatic heterocycles. The maximum atomic E-state index is 14.2. The van der Waals surface area contributed by atoms with Crippen molar-refractivity contribution in [2.45, 2.75) is 148 Å². The number of allylic oxidation sites excluding steroid dienone is 1. The zero-order valence-electron chi connectivity index (χ0n) is 26.3. The predicted molar refractivity (Wildman–Crippen MR) is 157 cm³/mol. The molecule has 3 saturated carbocycles. The molecule has 12 atom stereocenters. The number of carbonyl (C=O) groups is 1. The van der Waals surface area contributed by atoms with Gasteiger partial charge in [0.15, 0.2) is 12.1 Å². The lowest BCUT2D eigenvalue weighted by molar-refractivity contribution is -0.290. The van der Waals surface area contributed by atoms with Gasteiger partial charge in [0.05, 0.1) is 30.5 Å². The van der Waals surface area contributed by atoms with Crippen LogP contribution in [0, 0.1) is 39.9 Å². The van der Waals surface area contributed by atoms with Crippen LogP contribution < -0.4 is 0 Å². The summed E-state index contributed by atoms with van der Waals surface area (Å²) >= 11 is 0. The van der Waals surface area contributed by atoms with Crippen LogP contribution in [0.2, 0.25) is 0 Å². The molecule has 3 unspecified atom stereocenters. The first-order valence-corrected chi connectivity index (χ1v) is 16.4. The van der Waals surface area contributed by atoms with Crippen LogP contribution in [0.4, 0.5) is 0 Å². The van der Waals surface area contributed by atoms with Gasteiger partial charge in [0.2, 0.25) is 0 Å². The Hall–Kier alpha value is -0.830. The van der Waals surface area contributed by atoms with Crippen molar-refractivity contribution in [3.8, 4) is 0 Å². The Morgan fingerprint density at radius 2 is 1.78 bits per heavy atom. The molecule has 0 radical (unpaired) electrons. The molecule has 1 saturated heterocycles. The fourth-order valence-corrected chi connectivity index (χ4v) is 10.3. The molecule has 0 spiro atoms. The van der Waals surface area contributed by atoms with Gasteiger partial charge in [-0.15, -0.1) is 0 Å². The first kappa shape index (κ1) is 31.6. The van der Waals surface area contributed by atoms with Gasteiger partial charge in [-0.1, -0.05) is 46.1 Å². The molecule has 234 valence electrons. The van der Waals surface area contributed by atoms with Gasteiger partial charge in [0.25, 0.3) is 0 Å². The van der Waals surface area contributed by atoms with Crippen molar-refractivity contribution in [3.63, 3.8) is 0 Å². The van der Waals surface area contributed by atoms with Gasteiger partial charge in [-0.2, -0.15) is 0 Å². The summed E-state index contributed by atoms with van der Waals surface area (Å²) in [7, 11) is 0. The summed E-state index contributed by atoms with van der Waals surface area (Å²) in [6.45, 7) is 13.0. The monoisotopic (exact) mass is 576 g/mol. The second-order valence-electron chi connectivity index (χ2n) is 15.8. The smallest absolute Gasteiger partial charge is 0.186 e. The van der Waals surface area contributed by atoms with Crippen molar-refractivity contribution in [2.75, 3.05) is 6.61 Å². The quantitative estimate of drug-likeness (QED) is 0.303. The van der Waals surface area contributed by atoms with Gasteiger partial charge in [-0.25, -0.2) is 0 Å². The van der Waals surface area contributed by atoms with Crippen LogP contribution in [0.5, 0.6) is 0 Å². The first-order valence-electron chi connectivity index (χ1n) is 16.4. The van der Waals surface area contributed by atoms with Crippen molar-refractivity contribution in [1.82, 2.24) is 0 Å². The molecule has 0 aromatic carbocycles. The van der Waals surface area contributed by atoms with E-state index in [1.165, 1.54) is 18.4 Å². The van der Waals surface area contributed by atoms with Crippen LogP contribution in [-0.4, -0.2) is 69.1 Å². The summed E-state index contributed by atoms with van der Waals surface area (Å²) in [6.07, 6.45) is 8.66. The number of carbonyl (C=O) groups excluding carboxylic acids is 1. The normalized spacial score (nSPS) is 48.3. The van der Waals surface area contributed by atoms with E-state index in [0.717, 1.165) is 51.4 Å². The molecule has 5 aliphatic rings. The lowest BCUT2D eigenvalue weighted by atomic mass is 9.40. The molecule has 0 bridgehead atoms. The minimum atomic E-state index is -1.16. The lowest BCUT2D eigenvalue weighted by Crippen LogP contribution is -2.61. The Morgan fingerprint density at radius 1 is 1.05 bits per heavy atom. The second kappa shape index (κ2) is 11.3. The molecule has 4 fully saturated rings. The summed E-state index contributed by atoms with van der Waals surface area (Å²) < 4.78 is 12.1. The van der Waals surface area contributed by atoms with E-state index in [9.17, 15) is 25.2 Å². The fourth-order valence-electron chi connectivity index (χ4n) is 10.3. The summed E-state index contributed by atoms with van der Waals surface area (Å²) in [4.78, 5) is 14.2. The number of aliphatic hydroxyl groups excluding tert-OH is 3. The third-order valence-electron chi connectivity index (χ3n) is 12.9. The van der Waals surface area contributed by atoms with E-state index in [4.69, 9.17) is 9.47 Å². The van der Waals surface area contributed by atoms with E-state index < -0.39 is 30.2 Å². The Labute approximate surface area is 247 Å². The maximum absolute atomic E-state index is 14.2. The molecule has 7 nitrogen and oxygen atoms in total. The second-order valence-corrected chi connectivity index (χ2v) is 15.8. The van der Waals surface area contributed by atoms with E-state index in [-0.39, 0.29) is 53.0 Å². The minimum Gasteiger partial charge on any atom is -0.394 e. The Bertz CT molecular complexity index is 1000. The average Bonchev–Trinajstić information content (AvgIpc) is 3.15. The van der Waals surface area contributed by atoms with E-state index in [2.05, 4.69) is 27.7 Å². The van der Waals surface area contributed by atoms with Gasteiger partial charge >= 0.3 is 0 Å². The van der Waals surface area contributed by atoms with Gasteiger partial charge in [-0.3, -0.25) is 4.79 Å². The van der Waals surface area contributed by atoms with Crippen molar-refractivity contribution in [3.05, 3.63) is 11.6 Å². The van der Waals surface area contributed by atoms with Crippen molar-refractivity contribution >= 4 is 5.78 Å². The van der Waals surface area contributed by atoms with Gasteiger partial charge < -0.3 is 29.9 Å². The van der Waals surface area contributed by atoms with Crippen molar-refractivity contribution < 1.29 is 34.7 Å². The zero-order valence-corrected chi connectivity index (χ0v) is 26.3. The molecule has 0 amide bonds. The van der Waals surface area contributed by atoms with Crippen molar-refractivity contribution in [1.29, 1.82) is 0 Å². The van der Waals surface area contributed by atoms with Crippen LogP contribution in [-0.2, 0) is 14.3 Å². The highest BCUT2D eigenvalue weighted by atomic mass is 16.7. The van der Waals surface area contributed by atoms with E-state index >= 15 is 0 Å². The van der Waals surface area contributed by atoms with Crippen LogP contribution in [0.25, 0.3) is 0 Å². The summed E-state index contributed by atoms with van der Waals surface area (Å²) in [5.74, 6) is 1.27. The summed E-state index contributed by atoms with van der Waals surface area (Å²) in [6, 6.07) is 0. The topological polar surface area (TPSA) is 116 Å². The van der Waals surface area contributed by atoms with Crippen LogP contribution in [0.3, 0.4) is 0 Å². The largest absolute Gasteiger partial charge is 0.394 e. The maximum Gasteiger partial charge on any atom is 0.186 e. The Morgan fingerprint density at radius 3 is 2.46 bits per heavy atom. The third-order valence-corrected chi connectivity index (χ3v) is 12.9. The standard InChI is InChI=1S/C34H56O7/c1-20-23-18-26(37)29-32(4,24(23)10-11-27(20)41-30-28(38)25(36)17-22(19-35)40-30)15-16-33(5)21(12-14-34(29,33)6)9-7-8-13-31(2,3)39/h18,20-22,24-25,27-30,35-36,38-39H,7-17,19H2,1-6H3/t20-,21?,22+,24?,25+,27+,28-,29?,30+,32+,33-,34+/m1/s1. The molecular weight excluding hydrogens is 520 g/mol. The zero-order chi connectivity index (χ0) is 30.0. The van der Waals surface area contributed by atoms with Crippen LogP contribution in [0.1, 0.15) is 112 Å². The number of hydrogen-bond acceptors (Lipinski definition) is 7. The van der Waals surface area contributed by atoms with E-state index in [0.29, 0.717) is 11.8 Å². The molecule has 4 aliphatic carbocycles. The van der Waals surface area contributed by atoms with Crippen LogP contribution in [0.15, 0.2) is 11.6 Å². The van der Waals surface area contributed by atoms with Crippen molar-refractivity contribution in [2.24, 2.45) is 39.9 Å². The van der Waals surface area contributed by atoms with Gasteiger partial charge in [0.1, 0.15) is 6.10 Å². The molecule has 0 aromatic heterocycles. The number of ketones is 1. The summed E-state index contributed by atoms with van der Waals surface area (Å²) in [5, 5.41) is 40.5. The van der Waals surface area contributed by atoms with E-state index in [1.54, 1.807) is 0 Å². The minimum absolute atomic E-state index is 0.00568. The number of aliphatic hydroxyl groups is 4. The lowest BCUT2D eigenvalue weighted by Gasteiger charge is -2.64. The van der Waals surface area contributed by atoms with Gasteiger partial charge in [-0.05, 0) is 99.4 Å². The SMILES string of the molecule is C[C@@H]1C2=CC(=O)C3[C@@](C)(CC[C@]4(C)C(CCCCC(C)(C)O)CC[C@@]34C)C2CC[C@@H]1O[C@@H]1O[C@H](CO)C[C@H](O)[C@H]1O. The molecule has 0 aromatic rings. The molecule has 41 heavy (non-hydrogen) atoms. The first-order chi connectivity index (χ1) is 19.1. The molecular formula is C34H56O7. The number of hydrogen-bond donors (Lipinski definition) is 4. The highest BCUT2D eigenvalue weighted by molar-refractivity contribution is 5.95. The Balaban J connectivity index is 1.32. The van der Waals surface area contributed by atoms with E-state index in [1.807, 2.05) is 19.9 Å². The molecule has 5 rings (SSSR count). The highest BCUT2D eigenvalue weighted by Gasteiger charge is 2.68. The molecule has 4 N–H and O–H groups in total. The number of fused-ring (bicyclic) bond motifs is 5. The number of rotatable bonds is 8. The fraction of sp³-hybridized carbons (Fsp3) is 0.912. The van der Waals surface area contributed by atoms with Crippen LogP contribution >= 0.6 is 0 Å². The summed E-state index contributed by atoms with van der Waals surface area (Å²) in [5.41, 5.74) is 0.628. The number of unbranched alkanes of at least 4 members (excludes halogenated alkanes) is 1. The number of ether oxygens (including phenoxy) is 2. The van der Waals surface area contributed by atoms with Gasteiger partial charge in [0, 0.05) is 18.3 Å². The predicted octanol–water partition coefficient (Wildman–Crippen LogP) is 4.93. The molecule has 7 heteroatoms.